The van der Waals surface area contributed by atoms with Gasteiger partial charge in [-0.25, -0.2) is 0 Å². The fourth-order valence-corrected chi connectivity index (χ4v) is 7.25. The van der Waals surface area contributed by atoms with Crippen molar-refractivity contribution < 1.29 is 14.5 Å². The Balaban J connectivity index is 1.33. The van der Waals surface area contributed by atoms with Crippen LogP contribution in [-0.2, 0) is 15.0 Å². The quantitative estimate of drug-likeness (QED) is 0.140. The van der Waals surface area contributed by atoms with Crippen LogP contribution in [0.15, 0.2) is 108 Å². The third-order valence-electron chi connectivity index (χ3n) is 9.58. The molecular weight excluding hydrogens is 578 g/mol. The molecule has 1 saturated heterocycles. The number of non-ortho nitro benzene ring substituents is 1. The third kappa shape index (κ3) is 6.60. The van der Waals surface area contributed by atoms with Crippen molar-refractivity contribution in [3.63, 3.8) is 0 Å². The second-order valence-corrected chi connectivity index (χ2v) is 12.1. The first-order chi connectivity index (χ1) is 22.3. The van der Waals surface area contributed by atoms with Crippen molar-refractivity contribution in [3.8, 4) is 0 Å². The van der Waals surface area contributed by atoms with Crippen LogP contribution in [0, 0.1) is 10.1 Å². The van der Waals surface area contributed by atoms with E-state index in [1.165, 1.54) is 23.3 Å². The predicted molar refractivity (Wildman–Crippen MR) is 180 cm³/mol. The number of piperidine rings is 1. The Labute approximate surface area is 271 Å². The third-order valence-corrected chi connectivity index (χ3v) is 9.58. The van der Waals surface area contributed by atoms with Crippen LogP contribution in [0.1, 0.15) is 62.6 Å². The molecule has 1 atom stereocenters. The molecule has 1 fully saturated rings. The number of nitro benzene ring substituents is 1. The standard InChI is InChI=1S/C37H43N5O4/c1-4-40(26-43)35-28(2)38-29(3)36(34(35)30-16-18-33(19-17-30)42(45)46)41(27-44)23-11-22-39-24-20-37(21-25-39,31-12-7-5-8-13-31)32-14-9-6-10-15-32/h5-10,12-19,26-27,34,38H,4,11,20-25H2,1-3H3. The Morgan fingerprint density at radius 3 is 1.85 bits per heavy atom. The average Bonchev–Trinajstić information content (AvgIpc) is 3.09. The molecule has 0 radical (unpaired) electrons. The Morgan fingerprint density at radius 2 is 1.37 bits per heavy atom. The fourth-order valence-electron chi connectivity index (χ4n) is 7.25. The number of likely N-dealkylation sites (tertiary alicyclic amines) is 1. The molecule has 0 aliphatic carbocycles. The number of carbonyl (C=O) groups is 2. The maximum Gasteiger partial charge on any atom is 0.269 e. The lowest BCUT2D eigenvalue weighted by molar-refractivity contribution is -0.384. The highest BCUT2D eigenvalue weighted by Crippen LogP contribution is 2.43. The molecule has 2 aliphatic heterocycles. The molecule has 9 heteroatoms. The lowest BCUT2D eigenvalue weighted by Gasteiger charge is -2.43. The van der Waals surface area contributed by atoms with Crippen molar-refractivity contribution in [2.24, 2.45) is 0 Å². The number of carbonyl (C=O) groups excluding carboxylic acids is 2. The monoisotopic (exact) mass is 621 g/mol. The van der Waals surface area contributed by atoms with Gasteiger partial charge in [-0.2, -0.15) is 0 Å². The van der Waals surface area contributed by atoms with Crippen molar-refractivity contribution in [1.82, 2.24) is 20.0 Å². The fraction of sp³-hybridized carbons (Fsp3) is 0.351. The summed E-state index contributed by atoms with van der Waals surface area (Å²) in [6.45, 7) is 9.44. The number of amides is 2. The second kappa shape index (κ2) is 14.6. The van der Waals surface area contributed by atoms with E-state index in [1.807, 2.05) is 20.8 Å². The molecule has 9 nitrogen and oxygen atoms in total. The number of nitrogens with zero attached hydrogens (tertiary/aromatic N) is 4. The van der Waals surface area contributed by atoms with Gasteiger partial charge in [0, 0.05) is 42.0 Å². The Bertz CT molecular complexity index is 1540. The van der Waals surface area contributed by atoms with Crippen LogP contribution in [0.2, 0.25) is 0 Å². The number of hydrogen-bond donors (Lipinski definition) is 1. The molecule has 2 heterocycles. The molecule has 0 bridgehead atoms. The molecule has 2 amide bonds. The minimum Gasteiger partial charge on any atom is -0.360 e. The summed E-state index contributed by atoms with van der Waals surface area (Å²) in [5.41, 5.74) is 6.54. The van der Waals surface area contributed by atoms with Crippen LogP contribution in [0.25, 0.3) is 0 Å². The summed E-state index contributed by atoms with van der Waals surface area (Å²) in [5.74, 6) is -0.454. The van der Waals surface area contributed by atoms with Gasteiger partial charge in [0.2, 0.25) is 12.8 Å². The van der Waals surface area contributed by atoms with E-state index in [0.717, 1.165) is 80.1 Å². The van der Waals surface area contributed by atoms with E-state index in [9.17, 15) is 19.7 Å². The van der Waals surface area contributed by atoms with Gasteiger partial charge in [0.05, 0.1) is 22.2 Å². The van der Waals surface area contributed by atoms with Gasteiger partial charge in [-0.1, -0.05) is 72.8 Å². The van der Waals surface area contributed by atoms with Crippen molar-refractivity contribution in [3.05, 3.63) is 135 Å². The van der Waals surface area contributed by atoms with Gasteiger partial charge >= 0.3 is 0 Å². The minimum absolute atomic E-state index is 0.0118. The number of likely N-dealkylation sites (N-methyl/N-ethyl adjacent to an activating group) is 1. The Kier molecular flexibility index (Phi) is 10.3. The molecule has 3 aromatic rings. The maximum absolute atomic E-state index is 12.7. The topological polar surface area (TPSA) is 99.0 Å². The molecule has 1 unspecified atom stereocenters. The van der Waals surface area contributed by atoms with Crippen LogP contribution < -0.4 is 5.32 Å². The normalized spacial score (nSPS) is 18.1. The van der Waals surface area contributed by atoms with Crippen LogP contribution in [0.3, 0.4) is 0 Å². The van der Waals surface area contributed by atoms with Gasteiger partial charge in [0.15, 0.2) is 0 Å². The van der Waals surface area contributed by atoms with E-state index >= 15 is 0 Å². The van der Waals surface area contributed by atoms with Gasteiger partial charge in [-0.15, -0.1) is 0 Å². The van der Waals surface area contributed by atoms with E-state index in [0.29, 0.717) is 13.1 Å². The van der Waals surface area contributed by atoms with Gasteiger partial charge in [0.25, 0.3) is 5.69 Å². The molecule has 240 valence electrons. The number of hydrogen-bond acceptors (Lipinski definition) is 6. The predicted octanol–water partition coefficient (Wildman–Crippen LogP) is 6.15. The zero-order chi connectivity index (χ0) is 32.7. The van der Waals surface area contributed by atoms with E-state index in [-0.39, 0.29) is 11.1 Å². The number of benzene rings is 3. The minimum atomic E-state index is -0.454. The average molecular weight is 622 g/mol. The van der Waals surface area contributed by atoms with Gasteiger partial charge in [0.1, 0.15) is 0 Å². The van der Waals surface area contributed by atoms with E-state index in [1.54, 1.807) is 21.9 Å². The lowest BCUT2D eigenvalue weighted by Crippen LogP contribution is -2.44. The number of nitrogens with one attached hydrogen (secondary N) is 1. The van der Waals surface area contributed by atoms with Crippen LogP contribution >= 0.6 is 0 Å². The first kappa shape index (κ1) is 32.6. The molecule has 0 spiro atoms. The first-order valence-electron chi connectivity index (χ1n) is 16.0. The summed E-state index contributed by atoms with van der Waals surface area (Å²) in [5, 5.41) is 14.8. The Morgan fingerprint density at radius 1 is 0.848 bits per heavy atom. The Hall–Kier alpha value is -4.76. The highest BCUT2D eigenvalue weighted by atomic mass is 16.6. The van der Waals surface area contributed by atoms with Gasteiger partial charge in [-0.3, -0.25) is 19.7 Å². The second-order valence-electron chi connectivity index (χ2n) is 12.1. The molecule has 0 aromatic heterocycles. The van der Waals surface area contributed by atoms with Crippen molar-refractivity contribution in [2.45, 2.75) is 51.4 Å². The molecular formula is C37H43N5O4. The highest BCUT2D eigenvalue weighted by molar-refractivity contribution is 5.60. The van der Waals surface area contributed by atoms with Crippen LogP contribution in [0.4, 0.5) is 5.69 Å². The molecule has 5 rings (SSSR count). The van der Waals surface area contributed by atoms with E-state index in [4.69, 9.17) is 0 Å². The van der Waals surface area contributed by atoms with Crippen molar-refractivity contribution in [2.75, 3.05) is 32.7 Å². The van der Waals surface area contributed by atoms with E-state index < -0.39 is 10.8 Å². The zero-order valence-corrected chi connectivity index (χ0v) is 26.9. The molecule has 3 aromatic carbocycles. The number of rotatable bonds is 13. The van der Waals surface area contributed by atoms with E-state index in [2.05, 4.69) is 70.9 Å². The number of nitro groups is 1. The molecule has 1 N–H and O–H groups in total. The number of allylic oxidation sites excluding steroid dienone is 2. The first-order valence-corrected chi connectivity index (χ1v) is 16.0. The van der Waals surface area contributed by atoms with Crippen LogP contribution in [0.5, 0.6) is 0 Å². The van der Waals surface area contributed by atoms with Gasteiger partial charge < -0.3 is 20.0 Å². The largest absolute Gasteiger partial charge is 0.360 e. The number of dihydropyridines is 1. The lowest BCUT2D eigenvalue weighted by atomic mass is 9.68. The summed E-state index contributed by atoms with van der Waals surface area (Å²) in [4.78, 5) is 41.7. The zero-order valence-electron chi connectivity index (χ0n) is 26.9. The summed E-state index contributed by atoms with van der Waals surface area (Å²) < 4.78 is 0. The smallest absolute Gasteiger partial charge is 0.269 e. The van der Waals surface area contributed by atoms with Crippen LogP contribution in [-0.4, -0.2) is 65.2 Å². The summed E-state index contributed by atoms with van der Waals surface area (Å²) in [7, 11) is 0. The van der Waals surface area contributed by atoms with Gasteiger partial charge in [-0.05, 0) is 76.4 Å². The summed E-state index contributed by atoms with van der Waals surface area (Å²) in [6.07, 6.45) is 4.46. The summed E-state index contributed by atoms with van der Waals surface area (Å²) in [6, 6.07) is 28.0. The highest BCUT2D eigenvalue weighted by Gasteiger charge is 2.38. The molecule has 46 heavy (non-hydrogen) atoms. The molecule has 0 saturated carbocycles. The SMILES string of the molecule is CCN(C=O)C1=C(C)NC(C)=C(N(C=O)CCCN2CCC(c3ccccc3)(c3ccccc3)CC2)C1c1ccc([N+](=O)[O-])cc1. The molecule has 2 aliphatic rings. The maximum atomic E-state index is 12.7. The van der Waals surface area contributed by atoms with Crippen molar-refractivity contribution >= 4 is 18.5 Å². The summed E-state index contributed by atoms with van der Waals surface area (Å²) >= 11 is 0. The van der Waals surface area contributed by atoms with Crippen molar-refractivity contribution in [1.29, 1.82) is 0 Å².